The summed E-state index contributed by atoms with van der Waals surface area (Å²) in [6, 6.07) is 25.9. The van der Waals surface area contributed by atoms with E-state index < -0.39 is 0 Å². The van der Waals surface area contributed by atoms with E-state index in [-0.39, 0.29) is 5.41 Å². The molecule has 35 heavy (non-hydrogen) atoms. The molecule has 2 nitrogen and oxygen atoms in total. The maximum absolute atomic E-state index is 6.38. The van der Waals surface area contributed by atoms with Crippen molar-refractivity contribution in [2.75, 3.05) is 0 Å². The molecule has 0 spiro atoms. The Labute approximate surface area is 208 Å². The summed E-state index contributed by atoms with van der Waals surface area (Å²) >= 11 is 0. The molecule has 0 fully saturated rings. The molecule has 0 bridgehead atoms. The van der Waals surface area contributed by atoms with Crippen LogP contribution in [0.2, 0.25) is 0 Å². The standard InChI is InChI=1S/C33H33NO/c1-21-15-26(24-11-8-7-9-12-24)16-22(2)31(21)29-18-30(34-20-23(29)3)28-14-10-13-25-17-27(35-32(25)28)19-33(4,5)6/h7-18,20H,19H2,1-6H3. The topological polar surface area (TPSA) is 26.0 Å². The maximum atomic E-state index is 6.38. The molecule has 3 aromatic carbocycles. The molecule has 0 aliphatic heterocycles. The predicted molar refractivity (Wildman–Crippen MR) is 148 cm³/mol. The second kappa shape index (κ2) is 8.85. The molecule has 2 heteroatoms. The Morgan fingerprint density at radius 3 is 2.11 bits per heavy atom. The highest BCUT2D eigenvalue weighted by molar-refractivity contribution is 5.93. The van der Waals surface area contributed by atoms with Gasteiger partial charge in [0.15, 0.2) is 0 Å². The summed E-state index contributed by atoms with van der Waals surface area (Å²) in [5.41, 5.74) is 11.8. The molecular weight excluding hydrogens is 426 g/mol. The number of furan rings is 1. The highest BCUT2D eigenvalue weighted by Gasteiger charge is 2.18. The smallest absolute Gasteiger partial charge is 0.143 e. The average Bonchev–Trinajstić information content (AvgIpc) is 3.21. The molecule has 0 aliphatic rings. The van der Waals surface area contributed by atoms with Gasteiger partial charge in [-0.25, -0.2) is 0 Å². The zero-order valence-corrected chi connectivity index (χ0v) is 21.6. The Balaban J connectivity index is 1.61. The van der Waals surface area contributed by atoms with E-state index in [0.717, 1.165) is 34.4 Å². The first-order valence-electron chi connectivity index (χ1n) is 12.3. The second-order valence-corrected chi connectivity index (χ2v) is 10.9. The normalized spacial score (nSPS) is 11.8. The number of hydrogen-bond donors (Lipinski definition) is 0. The van der Waals surface area contributed by atoms with Crippen LogP contribution in [0, 0.1) is 26.2 Å². The van der Waals surface area contributed by atoms with Crippen LogP contribution >= 0.6 is 0 Å². The lowest BCUT2D eigenvalue weighted by molar-refractivity contribution is 0.371. The molecule has 0 aliphatic carbocycles. The quantitative estimate of drug-likeness (QED) is 0.267. The number of para-hydroxylation sites is 1. The Morgan fingerprint density at radius 2 is 1.43 bits per heavy atom. The zero-order chi connectivity index (χ0) is 24.7. The molecule has 0 atom stereocenters. The third-order valence-corrected chi connectivity index (χ3v) is 6.59. The van der Waals surface area contributed by atoms with Crippen molar-refractivity contribution in [2.45, 2.75) is 48.0 Å². The summed E-state index contributed by atoms with van der Waals surface area (Å²) < 4.78 is 6.38. The first-order valence-corrected chi connectivity index (χ1v) is 12.3. The molecule has 176 valence electrons. The van der Waals surface area contributed by atoms with Crippen molar-refractivity contribution in [1.82, 2.24) is 4.98 Å². The number of nitrogens with zero attached hydrogens (tertiary/aromatic N) is 1. The van der Waals surface area contributed by atoms with Gasteiger partial charge >= 0.3 is 0 Å². The number of aryl methyl sites for hydroxylation is 3. The lowest BCUT2D eigenvalue weighted by Crippen LogP contribution is -2.08. The van der Waals surface area contributed by atoms with E-state index >= 15 is 0 Å². The van der Waals surface area contributed by atoms with Crippen LogP contribution in [-0.2, 0) is 6.42 Å². The molecule has 0 saturated heterocycles. The van der Waals surface area contributed by atoms with E-state index in [1.54, 1.807) is 0 Å². The molecule has 5 rings (SSSR count). The van der Waals surface area contributed by atoms with Crippen molar-refractivity contribution in [3.05, 3.63) is 101 Å². The van der Waals surface area contributed by atoms with E-state index in [1.165, 1.54) is 38.9 Å². The first kappa shape index (κ1) is 23.1. The number of aromatic nitrogens is 1. The van der Waals surface area contributed by atoms with E-state index in [2.05, 4.69) is 114 Å². The molecule has 5 aromatic rings. The minimum absolute atomic E-state index is 0.171. The largest absolute Gasteiger partial charge is 0.460 e. The first-order chi connectivity index (χ1) is 16.7. The second-order valence-electron chi connectivity index (χ2n) is 10.9. The summed E-state index contributed by atoms with van der Waals surface area (Å²) in [5, 5.41) is 1.13. The van der Waals surface area contributed by atoms with Crippen LogP contribution in [0.15, 0.2) is 83.4 Å². The molecule has 0 unspecified atom stereocenters. The maximum Gasteiger partial charge on any atom is 0.143 e. The Morgan fingerprint density at radius 1 is 0.714 bits per heavy atom. The fraction of sp³-hybridized carbons (Fsp3) is 0.242. The number of rotatable bonds is 4. The Kier molecular flexibility index (Phi) is 5.84. The van der Waals surface area contributed by atoms with Gasteiger partial charge in [-0.3, -0.25) is 4.98 Å². The van der Waals surface area contributed by atoms with Gasteiger partial charge in [0.2, 0.25) is 0 Å². The molecule has 2 aromatic heterocycles. The van der Waals surface area contributed by atoms with Crippen molar-refractivity contribution in [3.63, 3.8) is 0 Å². The number of benzene rings is 3. The molecule has 0 amide bonds. The molecule has 0 N–H and O–H groups in total. The molecule has 0 radical (unpaired) electrons. The molecular formula is C33H33NO. The van der Waals surface area contributed by atoms with E-state index in [1.807, 2.05) is 6.20 Å². The van der Waals surface area contributed by atoms with Crippen LogP contribution in [0.4, 0.5) is 0 Å². The molecule has 0 saturated carbocycles. The van der Waals surface area contributed by atoms with Gasteiger partial charge in [-0.1, -0.05) is 75.4 Å². The van der Waals surface area contributed by atoms with Crippen LogP contribution in [-0.4, -0.2) is 4.98 Å². The average molecular weight is 460 g/mol. The van der Waals surface area contributed by atoms with Gasteiger partial charge in [0.25, 0.3) is 0 Å². The fourth-order valence-corrected chi connectivity index (χ4v) is 5.05. The Hall–Kier alpha value is -3.65. The van der Waals surface area contributed by atoms with Gasteiger partial charge in [0.1, 0.15) is 11.3 Å². The van der Waals surface area contributed by atoms with Crippen LogP contribution in [0.5, 0.6) is 0 Å². The zero-order valence-electron chi connectivity index (χ0n) is 21.6. The monoisotopic (exact) mass is 459 g/mol. The number of fused-ring (bicyclic) bond motifs is 1. The summed E-state index contributed by atoms with van der Waals surface area (Å²) in [5.74, 6) is 1.02. The van der Waals surface area contributed by atoms with Gasteiger partial charge < -0.3 is 4.42 Å². The number of pyridine rings is 1. The third-order valence-electron chi connectivity index (χ3n) is 6.59. The summed E-state index contributed by atoms with van der Waals surface area (Å²) in [7, 11) is 0. The van der Waals surface area contributed by atoms with Crippen molar-refractivity contribution in [3.8, 4) is 33.5 Å². The third kappa shape index (κ3) is 4.66. The fourth-order valence-electron chi connectivity index (χ4n) is 5.05. The van der Waals surface area contributed by atoms with Crippen LogP contribution in [0.1, 0.15) is 43.2 Å². The SMILES string of the molecule is Cc1cnc(-c2cccc3cc(CC(C)(C)C)oc23)cc1-c1c(C)cc(-c2ccccc2)cc1C. The predicted octanol–water partition coefficient (Wildman–Crippen LogP) is 9.34. The van der Waals surface area contributed by atoms with Crippen LogP contribution < -0.4 is 0 Å². The number of hydrogen-bond acceptors (Lipinski definition) is 2. The van der Waals surface area contributed by atoms with E-state index in [4.69, 9.17) is 9.40 Å². The van der Waals surface area contributed by atoms with Crippen molar-refractivity contribution in [1.29, 1.82) is 0 Å². The molecule has 2 heterocycles. The van der Waals surface area contributed by atoms with Gasteiger partial charge in [0, 0.05) is 23.6 Å². The Bertz CT molecular complexity index is 1490. The van der Waals surface area contributed by atoms with Crippen molar-refractivity contribution < 1.29 is 4.42 Å². The van der Waals surface area contributed by atoms with Gasteiger partial charge in [-0.2, -0.15) is 0 Å². The summed E-state index contributed by atoms with van der Waals surface area (Å²) in [4.78, 5) is 4.83. The lowest BCUT2D eigenvalue weighted by Gasteiger charge is -2.16. The minimum Gasteiger partial charge on any atom is -0.460 e. The van der Waals surface area contributed by atoms with Gasteiger partial charge in [0.05, 0.1) is 5.69 Å². The highest BCUT2D eigenvalue weighted by Crippen LogP contribution is 2.37. The summed E-state index contributed by atoms with van der Waals surface area (Å²) in [6.07, 6.45) is 2.90. The minimum atomic E-state index is 0.171. The van der Waals surface area contributed by atoms with Crippen LogP contribution in [0.3, 0.4) is 0 Å². The van der Waals surface area contributed by atoms with Crippen molar-refractivity contribution in [2.24, 2.45) is 5.41 Å². The summed E-state index contributed by atoms with van der Waals surface area (Å²) in [6.45, 7) is 13.3. The lowest BCUT2D eigenvalue weighted by atomic mass is 9.89. The van der Waals surface area contributed by atoms with Gasteiger partial charge in [-0.05, 0) is 83.3 Å². The van der Waals surface area contributed by atoms with E-state index in [0.29, 0.717) is 0 Å². The highest BCUT2D eigenvalue weighted by atomic mass is 16.3. The van der Waals surface area contributed by atoms with Crippen LogP contribution in [0.25, 0.3) is 44.5 Å². The van der Waals surface area contributed by atoms with Crippen molar-refractivity contribution >= 4 is 11.0 Å². The van der Waals surface area contributed by atoms with Gasteiger partial charge in [-0.15, -0.1) is 0 Å². The van der Waals surface area contributed by atoms with E-state index in [9.17, 15) is 0 Å².